The summed E-state index contributed by atoms with van der Waals surface area (Å²) in [6.07, 6.45) is 0.921. The highest BCUT2D eigenvalue weighted by atomic mass is 32.2. The number of amides is 1. The number of anilines is 2. The van der Waals surface area contributed by atoms with Crippen molar-refractivity contribution in [1.82, 2.24) is 34.8 Å². The molecule has 1 amide bonds. The summed E-state index contributed by atoms with van der Waals surface area (Å²) in [7, 11) is 2.29. The topological polar surface area (TPSA) is 162 Å². The number of benzene rings is 1. The molecule has 5 heterocycles. The van der Waals surface area contributed by atoms with Gasteiger partial charge in [-0.1, -0.05) is 17.3 Å². The zero-order valence-corrected chi connectivity index (χ0v) is 23.2. The van der Waals surface area contributed by atoms with Crippen LogP contribution in [0, 0.1) is 12.3 Å². The van der Waals surface area contributed by atoms with Crippen molar-refractivity contribution in [3.8, 4) is 5.75 Å². The second-order valence-corrected chi connectivity index (χ2v) is 11.6. The van der Waals surface area contributed by atoms with Crippen molar-refractivity contribution in [2.45, 2.75) is 26.6 Å². The average molecular weight is 568 g/mol. The maximum Gasteiger partial charge on any atom is 0.413 e. The van der Waals surface area contributed by atoms with Gasteiger partial charge < -0.3 is 19.3 Å². The quantitative estimate of drug-likeness (QED) is 0.303. The number of carbonyl (C=O) groups excluding carboxylic acids is 1. The van der Waals surface area contributed by atoms with Gasteiger partial charge in [-0.15, -0.1) is 0 Å². The van der Waals surface area contributed by atoms with E-state index < -0.39 is 16.9 Å². The van der Waals surface area contributed by atoms with Gasteiger partial charge in [-0.2, -0.15) is 15.1 Å². The minimum Gasteiger partial charge on any atom is -0.496 e. The number of nitrogens with one attached hydrogen (secondary N) is 2. The van der Waals surface area contributed by atoms with Gasteiger partial charge in [-0.25, -0.2) is 9.78 Å². The van der Waals surface area contributed by atoms with Crippen LogP contribution in [0.3, 0.4) is 0 Å². The summed E-state index contributed by atoms with van der Waals surface area (Å²) in [5.74, 6) is 3.81. The molecule has 210 valence electrons. The van der Waals surface area contributed by atoms with Crippen molar-refractivity contribution < 1.29 is 23.0 Å². The van der Waals surface area contributed by atoms with Crippen LogP contribution in [0.15, 0.2) is 28.9 Å². The van der Waals surface area contributed by atoms with Crippen molar-refractivity contribution in [2.75, 3.05) is 49.4 Å². The summed E-state index contributed by atoms with van der Waals surface area (Å²) in [5.41, 5.74) is 3.51. The average Bonchev–Trinajstić information content (AvgIpc) is 3.51. The van der Waals surface area contributed by atoms with Crippen molar-refractivity contribution >= 4 is 39.7 Å². The molecule has 0 aliphatic carbocycles. The van der Waals surface area contributed by atoms with E-state index in [9.17, 15) is 9.00 Å². The van der Waals surface area contributed by atoms with Crippen LogP contribution in [0.4, 0.5) is 16.6 Å². The second kappa shape index (κ2) is 10.5. The molecule has 3 aromatic heterocycles. The lowest BCUT2D eigenvalue weighted by atomic mass is 9.82. The fraction of sp³-hybridized carbons (Fsp3) is 0.440. The first-order valence-corrected chi connectivity index (χ1v) is 14.2. The first-order valence-electron chi connectivity index (χ1n) is 12.7. The minimum atomic E-state index is -0.688. The molecule has 0 bridgehead atoms. The Morgan fingerprint density at radius 1 is 1.18 bits per heavy atom. The van der Waals surface area contributed by atoms with Gasteiger partial charge in [0.2, 0.25) is 11.8 Å². The van der Waals surface area contributed by atoms with E-state index in [0.29, 0.717) is 35.1 Å². The number of methoxy groups -OCH3 is 2. The maximum absolute atomic E-state index is 11.8. The molecule has 0 saturated carbocycles. The Balaban J connectivity index is 1.24. The molecular formula is C25H29N9O5S. The third-order valence-corrected chi connectivity index (χ3v) is 8.87. The van der Waals surface area contributed by atoms with Gasteiger partial charge in [-0.05, 0) is 11.6 Å². The van der Waals surface area contributed by atoms with Crippen LogP contribution in [-0.4, -0.2) is 83.9 Å². The number of rotatable bonds is 9. The lowest BCUT2D eigenvalue weighted by molar-refractivity contribution is 0.0205. The summed E-state index contributed by atoms with van der Waals surface area (Å²) >= 11 is 0. The zero-order chi connectivity index (χ0) is 27.9. The number of hydrogen-bond donors (Lipinski definition) is 2. The predicted molar refractivity (Wildman–Crippen MR) is 145 cm³/mol. The van der Waals surface area contributed by atoms with E-state index in [1.807, 2.05) is 6.07 Å². The van der Waals surface area contributed by atoms with Crippen LogP contribution in [-0.2, 0) is 35.2 Å². The molecule has 2 N–H and O–H groups in total. The van der Waals surface area contributed by atoms with Gasteiger partial charge >= 0.3 is 6.09 Å². The van der Waals surface area contributed by atoms with E-state index >= 15 is 0 Å². The highest BCUT2D eigenvalue weighted by Crippen LogP contribution is 2.40. The van der Waals surface area contributed by atoms with E-state index in [0.717, 1.165) is 48.0 Å². The fourth-order valence-corrected chi connectivity index (χ4v) is 6.94. The molecule has 14 nitrogen and oxygen atoms in total. The van der Waals surface area contributed by atoms with Gasteiger partial charge in [0.05, 0.1) is 33.5 Å². The molecule has 2 saturated heterocycles. The molecule has 4 aromatic rings. The van der Waals surface area contributed by atoms with E-state index in [-0.39, 0.29) is 17.9 Å². The monoisotopic (exact) mass is 567 g/mol. The van der Waals surface area contributed by atoms with E-state index in [2.05, 4.69) is 57.6 Å². The Kier molecular flexibility index (Phi) is 6.83. The normalized spacial score (nSPS) is 16.5. The van der Waals surface area contributed by atoms with E-state index in [1.54, 1.807) is 24.9 Å². The Bertz CT molecular complexity index is 1590. The summed E-state index contributed by atoms with van der Waals surface area (Å²) in [5, 5.41) is 14.2. The number of fused-ring (bicyclic) bond motifs is 1. The Morgan fingerprint density at radius 3 is 2.70 bits per heavy atom. The first-order chi connectivity index (χ1) is 19.3. The Labute approximate surface area is 231 Å². The minimum absolute atomic E-state index is 0.0635. The number of carbonyl (C=O) groups is 1. The number of nitrogens with zero attached hydrogens (tertiary/aromatic N) is 7. The molecule has 1 aromatic carbocycles. The number of likely N-dealkylation sites (tertiary alicyclic amines) is 1. The zero-order valence-electron chi connectivity index (χ0n) is 22.3. The molecular weight excluding hydrogens is 538 g/mol. The van der Waals surface area contributed by atoms with Gasteiger partial charge in [0.25, 0.3) is 0 Å². The lowest BCUT2D eigenvalue weighted by Crippen LogP contribution is -2.66. The SMILES string of the molecule is COC(=O)Nc1nc(NCc2noc(C)n2)c2c(cnn2Cc2ccc(CN3CC4(C3)CS(=O)C4)cc2OC)n1. The summed E-state index contributed by atoms with van der Waals surface area (Å²) in [4.78, 5) is 27.3. The fourth-order valence-electron chi connectivity index (χ4n) is 5.29. The van der Waals surface area contributed by atoms with Gasteiger partial charge in [0.15, 0.2) is 11.6 Å². The van der Waals surface area contributed by atoms with Crippen molar-refractivity contribution in [2.24, 2.45) is 5.41 Å². The first kappa shape index (κ1) is 26.1. The van der Waals surface area contributed by atoms with Crippen LogP contribution < -0.4 is 15.4 Å². The predicted octanol–water partition coefficient (Wildman–Crippen LogP) is 1.93. The van der Waals surface area contributed by atoms with Crippen molar-refractivity contribution in [1.29, 1.82) is 0 Å². The van der Waals surface area contributed by atoms with Crippen LogP contribution in [0.1, 0.15) is 22.8 Å². The van der Waals surface area contributed by atoms with Crippen LogP contribution in [0.2, 0.25) is 0 Å². The maximum atomic E-state index is 11.8. The second-order valence-electron chi connectivity index (χ2n) is 10.2. The molecule has 1 spiro atoms. The molecule has 2 aliphatic rings. The molecule has 6 rings (SSSR count). The van der Waals surface area contributed by atoms with Gasteiger partial charge in [-0.3, -0.25) is 19.1 Å². The van der Waals surface area contributed by atoms with E-state index in [4.69, 9.17) is 9.26 Å². The van der Waals surface area contributed by atoms with Crippen molar-refractivity contribution in [3.05, 3.63) is 47.2 Å². The molecule has 2 aliphatic heterocycles. The van der Waals surface area contributed by atoms with Crippen LogP contribution in [0.5, 0.6) is 5.75 Å². The summed E-state index contributed by atoms with van der Waals surface area (Å²) < 4.78 is 28.8. The lowest BCUT2D eigenvalue weighted by Gasteiger charge is -2.55. The molecule has 2 fully saturated rings. The number of aryl methyl sites for hydroxylation is 1. The number of aromatic nitrogens is 6. The summed E-state index contributed by atoms with van der Waals surface area (Å²) in [6, 6.07) is 6.19. The summed E-state index contributed by atoms with van der Waals surface area (Å²) in [6.45, 7) is 5.15. The molecule has 15 heteroatoms. The molecule has 0 atom stereocenters. The van der Waals surface area contributed by atoms with Gasteiger partial charge in [0, 0.05) is 59.8 Å². The Morgan fingerprint density at radius 2 is 2.00 bits per heavy atom. The number of hydrogen-bond acceptors (Lipinski definition) is 12. The Hall–Kier alpha value is -4.11. The third kappa shape index (κ3) is 5.21. The molecule has 0 unspecified atom stereocenters. The smallest absolute Gasteiger partial charge is 0.413 e. The highest BCUT2D eigenvalue weighted by Gasteiger charge is 2.51. The van der Waals surface area contributed by atoms with Crippen LogP contribution >= 0.6 is 0 Å². The highest BCUT2D eigenvalue weighted by molar-refractivity contribution is 7.86. The van der Waals surface area contributed by atoms with Crippen LogP contribution in [0.25, 0.3) is 11.0 Å². The standard InChI is InChI=1S/C25H29N9O5S/c1-15-28-20(32-39-15)8-26-22-21-18(29-23(30-22)31-24(35)38-3)7-27-34(21)10-17-5-4-16(6-19(17)37-2)9-33-11-25(12-33)13-40(36)14-25/h4-7H,8-14H2,1-3H3,(H2,26,29,30,31,35). The van der Waals surface area contributed by atoms with Gasteiger partial charge in [0.1, 0.15) is 16.8 Å². The largest absolute Gasteiger partial charge is 0.496 e. The van der Waals surface area contributed by atoms with E-state index in [1.165, 1.54) is 7.11 Å². The third-order valence-electron chi connectivity index (χ3n) is 7.00. The molecule has 0 radical (unpaired) electrons. The molecule has 40 heavy (non-hydrogen) atoms. The van der Waals surface area contributed by atoms with Crippen molar-refractivity contribution in [3.63, 3.8) is 0 Å². The number of ether oxygens (including phenoxy) is 2.